The smallest absolute Gasteiger partial charge is 0.430 e. The second kappa shape index (κ2) is 12.8. The Kier molecular flexibility index (Phi) is 9.16. The fraction of sp³-hybridized carbons (Fsp3) is 0.400. The third kappa shape index (κ3) is 7.02. The Morgan fingerprint density at radius 2 is 1.81 bits per heavy atom. The Morgan fingerprint density at radius 1 is 1.09 bits per heavy atom. The molecule has 17 nitrogen and oxygen atoms in total. The molecule has 2 atom stereocenters. The highest BCUT2D eigenvalue weighted by atomic mass is 32.1. The lowest BCUT2D eigenvalue weighted by atomic mass is 9.97. The normalized spacial score (nSPS) is 13.2. The number of nitrogens with two attached hydrogens (primary N) is 1. The van der Waals surface area contributed by atoms with Crippen LogP contribution in [0.4, 0.5) is 15.4 Å². The highest BCUT2D eigenvalue weighted by molar-refractivity contribution is 7.09. The molecule has 18 heteroatoms. The first-order chi connectivity index (χ1) is 20.4. The molecule has 0 unspecified atom stereocenters. The summed E-state index contributed by atoms with van der Waals surface area (Å²) in [7, 11) is 1.21. The van der Waals surface area contributed by atoms with Gasteiger partial charge in [-0.1, -0.05) is 17.3 Å². The lowest BCUT2D eigenvalue weighted by Crippen LogP contribution is -2.51. The minimum absolute atomic E-state index is 0.0421. The van der Waals surface area contributed by atoms with E-state index in [1.54, 1.807) is 13.8 Å². The van der Waals surface area contributed by atoms with E-state index in [1.165, 1.54) is 24.9 Å². The number of carbonyl (C=O) groups is 2. The van der Waals surface area contributed by atoms with Crippen LogP contribution >= 0.6 is 11.3 Å². The number of anilines is 1. The SMILES string of the molecule is C#C[C@](COC(=O)OCc1oc(=O)sc1C)(OC)[C@H](Cn1cnc2c(N)nc(C)nc21)OC(=O)OCc1oc(=O)oc1C. The topological polar surface area (TPSA) is 223 Å². The van der Waals surface area contributed by atoms with Crippen LogP contribution in [-0.2, 0) is 43.4 Å². The van der Waals surface area contributed by atoms with Gasteiger partial charge in [-0.3, -0.25) is 0 Å². The fourth-order valence-electron chi connectivity index (χ4n) is 3.77. The molecule has 0 radical (unpaired) electrons. The van der Waals surface area contributed by atoms with Gasteiger partial charge in [-0.25, -0.2) is 34.1 Å². The molecule has 4 heterocycles. The van der Waals surface area contributed by atoms with Gasteiger partial charge in [-0.15, -0.1) is 6.42 Å². The van der Waals surface area contributed by atoms with Crippen molar-refractivity contribution in [2.75, 3.05) is 19.5 Å². The van der Waals surface area contributed by atoms with Gasteiger partial charge in [0.1, 0.15) is 17.9 Å². The van der Waals surface area contributed by atoms with Crippen LogP contribution in [0.5, 0.6) is 0 Å². The standard InChI is InChI=1S/C25H25N5O12S/c1-6-25(35-5,10-38-21(31)36-9-16-13(3)43-24(34)41-16)17(42-22(32)37-8-15-12(2)39-23(33)40-15)7-30-11-27-18-19(26)28-14(4)29-20(18)30/h1,11,17H,7-10H2,2-5H3,(H2,26,28,29)/t17-,25+/m0/s1. The average molecular weight is 620 g/mol. The molecule has 0 fully saturated rings. The van der Waals surface area contributed by atoms with Crippen molar-refractivity contribution < 1.29 is 46.5 Å². The fourth-order valence-corrected chi connectivity index (χ4v) is 4.37. The Morgan fingerprint density at radius 3 is 2.44 bits per heavy atom. The summed E-state index contributed by atoms with van der Waals surface area (Å²) in [5.41, 5.74) is 4.62. The number of hydrogen-bond acceptors (Lipinski definition) is 17. The monoisotopic (exact) mass is 619 g/mol. The Hall–Kier alpha value is -5.15. The molecule has 0 aromatic carbocycles. The number of nitrogens with zero attached hydrogens (tertiary/aromatic N) is 4. The molecule has 0 aliphatic carbocycles. The predicted octanol–water partition coefficient (Wildman–Crippen LogP) is 1.99. The van der Waals surface area contributed by atoms with Crippen LogP contribution in [0.25, 0.3) is 11.2 Å². The van der Waals surface area contributed by atoms with Gasteiger partial charge in [0.2, 0.25) is 5.60 Å². The van der Waals surface area contributed by atoms with Crippen molar-refractivity contribution in [2.45, 2.75) is 52.2 Å². The first kappa shape index (κ1) is 30.8. The summed E-state index contributed by atoms with van der Waals surface area (Å²) in [6.45, 7) is 2.90. The Labute approximate surface area is 245 Å². The third-order valence-corrected chi connectivity index (χ3v) is 6.83. The number of ether oxygens (including phenoxy) is 5. The lowest BCUT2D eigenvalue weighted by Gasteiger charge is -2.33. The maximum atomic E-state index is 12.8. The van der Waals surface area contributed by atoms with Crippen LogP contribution in [0, 0.1) is 33.1 Å². The molecule has 0 saturated carbocycles. The molecule has 4 aromatic heterocycles. The maximum absolute atomic E-state index is 12.8. The molecule has 0 aliphatic heterocycles. The van der Waals surface area contributed by atoms with E-state index in [1.807, 2.05) is 0 Å². The second-order valence-corrected chi connectivity index (χ2v) is 9.95. The third-order valence-electron chi connectivity index (χ3n) is 6.05. The zero-order valence-corrected chi connectivity index (χ0v) is 24.1. The van der Waals surface area contributed by atoms with Crippen LogP contribution in [0.15, 0.2) is 29.2 Å². The quantitative estimate of drug-likeness (QED) is 0.187. The van der Waals surface area contributed by atoms with Crippen molar-refractivity contribution in [3.63, 3.8) is 0 Å². The highest BCUT2D eigenvalue weighted by Crippen LogP contribution is 2.25. The summed E-state index contributed by atoms with van der Waals surface area (Å²) in [5, 5.41) is 0. The van der Waals surface area contributed by atoms with Crippen molar-refractivity contribution >= 4 is 40.6 Å². The van der Waals surface area contributed by atoms with E-state index in [2.05, 4.69) is 20.9 Å². The van der Waals surface area contributed by atoms with Gasteiger partial charge in [0.05, 0.1) is 17.7 Å². The van der Waals surface area contributed by atoms with Gasteiger partial charge in [0, 0.05) is 7.11 Å². The predicted molar refractivity (Wildman–Crippen MR) is 144 cm³/mol. The van der Waals surface area contributed by atoms with E-state index in [0.717, 1.165) is 11.3 Å². The number of fused-ring (bicyclic) bond motifs is 1. The van der Waals surface area contributed by atoms with Crippen LogP contribution < -0.4 is 16.5 Å². The molecule has 2 N–H and O–H groups in total. The van der Waals surface area contributed by atoms with E-state index in [9.17, 15) is 19.2 Å². The van der Waals surface area contributed by atoms with Crippen molar-refractivity contribution in [2.24, 2.45) is 0 Å². The molecule has 4 aromatic rings. The number of aromatic nitrogens is 4. The number of nitrogen functional groups attached to an aromatic ring is 1. The van der Waals surface area contributed by atoms with E-state index >= 15 is 0 Å². The Balaban J connectivity index is 1.56. The maximum Gasteiger partial charge on any atom is 0.519 e. The molecular weight excluding hydrogens is 594 g/mol. The van der Waals surface area contributed by atoms with Crippen molar-refractivity contribution in [3.8, 4) is 12.3 Å². The van der Waals surface area contributed by atoms with Crippen LogP contribution in [0.2, 0.25) is 0 Å². The highest BCUT2D eigenvalue weighted by Gasteiger charge is 2.43. The molecule has 0 spiro atoms. The number of methoxy groups -OCH3 is 1. The average Bonchev–Trinajstić information content (AvgIpc) is 3.61. The number of terminal acetylenes is 1. The number of imidazole rings is 1. The zero-order valence-electron chi connectivity index (χ0n) is 23.2. The number of rotatable bonds is 11. The van der Waals surface area contributed by atoms with Gasteiger partial charge in [-0.2, -0.15) is 0 Å². The van der Waals surface area contributed by atoms with Crippen molar-refractivity contribution in [1.29, 1.82) is 0 Å². The summed E-state index contributed by atoms with van der Waals surface area (Å²) in [5.74, 6) is 2.07. The summed E-state index contributed by atoms with van der Waals surface area (Å²) in [6, 6.07) is 0. The molecule has 43 heavy (non-hydrogen) atoms. The van der Waals surface area contributed by atoms with Crippen LogP contribution in [0.3, 0.4) is 0 Å². The summed E-state index contributed by atoms with van der Waals surface area (Å²) >= 11 is 0.852. The number of carbonyl (C=O) groups excluding carboxylic acids is 2. The molecule has 228 valence electrons. The number of aryl methyl sites for hydroxylation is 3. The molecule has 4 rings (SSSR count). The van der Waals surface area contributed by atoms with Crippen LogP contribution in [0.1, 0.15) is 28.0 Å². The Bertz CT molecular complexity index is 1790. The summed E-state index contributed by atoms with van der Waals surface area (Å²) < 4.78 is 42.4. The molecule has 0 amide bonds. The first-order valence-electron chi connectivity index (χ1n) is 12.2. The second-order valence-electron chi connectivity index (χ2n) is 8.80. The number of hydrogen-bond donors (Lipinski definition) is 1. The van der Waals surface area contributed by atoms with Crippen LogP contribution in [-0.4, -0.2) is 57.3 Å². The lowest BCUT2D eigenvalue weighted by molar-refractivity contribution is -0.118. The van der Waals surface area contributed by atoms with E-state index in [4.69, 9.17) is 49.1 Å². The van der Waals surface area contributed by atoms with Gasteiger partial charge >= 0.3 is 23.1 Å². The summed E-state index contributed by atoms with van der Waals surface area (Å²) in [6.07, 6.45) is 3.35. The first-order valence-corrected chi connectivity index (χ1v) is 13.1. The summed E-state index contributed by atoms with van der Waals surface area (Å²) in [4.78, 5) is 60.5. The van der Waals surface area contributed by atoms with Crippen molar-refractivity contribution in [3.05, 3.63) is 54.7 Å². The largest absolute Gasteiger partial charge is 0.519 e. The van der Waals surface area contributed by atoms with E-state index < -0.39 is 48.0 Å². The molecule has 0 bridgehead atoms. The van der Waals surface area contributed by atoms with E-state index in [0.29, 0.717) is 10.7 Å². The van der Waals surface area contributed by atoms with E-state index in [-0.39, 0.29) is 47.4 Å². The van der Waals surface area contributed by atoms with Gasteiger partial charge in [0.15, 0.2) is 48.1 Å². The van der Waals surface area contributed by atoms with Gasteiger partial charge in [0.25, 0.3) is 0 Å². The minimum Gasteiger partial charge on any atom is -0.430 e. The molecule has 0 aliphatic rings. The molecular formula is C25H25N5O12S. The van der Waals surface area contributed by atoms with Crippen molar-refractivity contribution in [1.82, 2.24) is 19.5 Å². The zero-order chi connectivity index (χ0) is 31.3. The minimum atomic E-state index is -1.91. The van der Waals surface area contributed by atoms with Gasteiger partial charge < -0.3 is 47.2 Å². The molecule has 0 saturated heterocycles. The van der Waals surface area contributed by atoms with Gasteiger partial charge in [-0.05, 0) is 20.8 Å².